The van der Waals surface area contributed by atoms with E-state index in [0.717, 1.165) is 11.1 Å². The van der Waals surface area contributed by atoms with Crippen LogP contribution in [0.25, 0.3) is 0 Å². The fraction of sp³-hybridized carbons (Fsp3) is 0.294. The van der Waals surface area contributed by atoms with Crippen molar-refractivity contribution >= 4 is 11.7 Å². The van der Waals surface area contributed by atoms with E-state index in [1.54, 1.807) is 24.3 Å². The predicted octanol–water partition coefficient (Wildman–Crippen LogP) is 2.04. The van der Waals surface area contributed by atoms with Gasteiger partial charge in [0.1, 0.15) is 17.6 Å². The molecule has 0 saturated carbocycles. The number of aryl methyl sites for hydroxylation is 1. The third-order valence-corrected chi connectivity index (χ3v) is 4.15. The smallest absolute Gasteiger partial charge is 0.225 e. The zero-order valence-electron chi connectivity index (χ0n) is 13.0. The lowest BCUT2D eigenvalue weighted by Crippen LogP contribution is -2.30. The maximum absolute atomic E-state index is 12.1. The van der Waals surface area contributed by atoms with Crippen molar-refractivity contribution in [3.05, 3.63) is 53.5 Å². The first-order valence-electron chi connectivity index (χ1n) is 7.40. The molecule has 1 amide bonds. The molecule has 1 fully saturated rings. The number of likely N-dealkylation sites (N-methyl/N-ethyl adjacent to an activating group) is 1. The number of hydrogen-bond donors (Lipinski definition) is 1. The molecule has 0 unspecified atom stereocenters. The molecule has 0 radical (unpaired) electrons. The number of likely N-dealkylation sites (tertiary alicyclic amines) is 1. The molecule has 1 aliphatic heterocycles. The van der Waals surface area contributed by atoms with Crippen LogP contribution in [0, 0.1) is 18.3 Å². The van der Waals surface area contributed by atoms with Gasteiger partial charge in [0.2, 0.25) is 5.91 Å². The highest BCUT2D eigenvalue weighted by atomic mass is 16.2. The van der Waals surface area contributed by atoms with E-state index in [2.05, 4.69) is 21.4 Å². The van der Waals surface area contributed by atoms with Gasteiger partial charge in [-0.1, -0.05) is 12.1 Å². The molecule has 2 aromatic heterocycles. The molecule has 2 aromatic rings. The molecule has 1 N–H and O–H groups in total. The van der Waals surface area contributed by atoms with Crippen LogP contribution in [0.1, 0.15) is 29.3 Å². The third-order valence-electron chi connectivity index (χ3n) is 4.15. The van der Waals surface area contributed by atoms with Crippen LogP contribution in [-0.2, 0) is 4.79 Å². The van der Waals surface area contributed by atoms with E-state index in [1.165, 1.54) is 0 Å². The molecule has 0 bridgehead atoms. The first-order chi connectivity index (χ1) is 11.1. The second-order valence-electron chi connectivity index (χ2n) is 5.66. The number of hydrogen-bond acceptors (Lipinski definition) is 5. The van der Waals surface area contributed by atoms with E-state index in [1.807, 2.05) is 31.2 Å². The van der Waals surface area contributed by atoms with E-state index >= 15 is 0 Å². The summed E-state index contributed by atoms with van der Waals surface area (Å²) in [5.74, 6) is 0.679. The lowest BCUT2D eigenvalue weighted by molar-refractivity contribution is -0.127. The molecular formula is C17H17N5O. The number of nitrogens with one attached hydrogen (secondary N) is 1. The molecule has 0 aliphatic carbocycles. The van der Waals surface area contributed by atoms with Gasteiger partial charge in [-0.3, -0.25) is 9.78 Å². The number of nitriles is 1. The van der Waals surface area contributed by atoms with Gasteiger partial charge in [0.15, 0.2) is 0 Å². The van der Waals surface area contributed by atoms with Gasteiger partial charge in [-0.2, -0.15) is 5.26 Å². The van der Waals surface area contributed by atoms with E-state index in [4.69, 9.17) is 5.26 Å². The largest absolute Gasteiger partial charge is 0.364 e. The molecule has 0 aromatic carbocycles. The predicted molar refractivity (Wildman–Crippen MR) is 85.5 cm³/mol. The average molecular weight is 307 g/mol. The van der Waals surface area contributed by atoms with Crippen molar-refractivity contribution in [3.8, 4) is 6.07 Å². The number of carbonyl (C=O) groups excluding carboxylic acids is 1. The highest BCUT2D eigenvalue weighted by molar-refractivity contribution is 5.80. The second-order valence-corrected chi connectivity index (χ2v) is 5.66. The van der Waals surface area contributed by atoms with Crippen LogP contribution in [0.3, 0.4) is 0 Å². The summed E-state index contributed by atoms with van der Waals surface area (Å²) >= 11 is 0. The Morgan fingerprint density at radius 3 is 2.91 bits per heavy atom. The Hall–Kier alpha value is -2.94. The minimum absolute atomic E-state index is 0.0731. The molecule has 1 saturated heterocycles. The summed E-state index contributed by atoms with van der Waals surface area (Å²) in [6.45, 7) is 1.85. The summed E-state index contributed by atoms with van der Waals surface area (Å²) in [5.41, 5.74) is 2.21. The number of nitrogens with zero attached hydrogens (tertiary/aromatic N) is 4. The number of aromatic nitrogens is 2. The van der Waals surface area contributed by atoms with Crippen LogP contribution >= 0.6 is 0 Å². The van der Waals surface area contributed by atoms with Crippen molar-refractivity contribution in [1.29, 1.82) is 5.26 Å². The number of carbonyl (C=O) groups is 1. The van der Waals surface area contributed by atoms with Crippen molar-refractivity contribution in [3.63, 3.8) is 0 Å². The highest BCUT2D eigenvalue weighted by Crippen LogP contribution is 2.33. The van der Waals surface area contributed by atoms with Gasteiger partial charge < -0.3 is 10.2 Å². The number of amides is 1. The highest BCUT2D eigenvalue weighted by Gasteiger charge is 2.38. The Balaban J connectivity index is 1.89. The van der Waals surface area contributed by atoms with Crippen molar-refractivity contribution < 1.29 is 4.79 Å². The molecule has 23 heavy (non-hydrogen) atoms. The Bertz CT molecular complexity index is 768. The molecule has 116 valence electrons. The summed E-state index contributed by atoms with van der Waals surface area (Å²) in [6.07, 6.45) is 3.87. The van der Waals surface area contributed by atoms with Crippen LogP contribution in [0.15, 0.2) is 36.7 Å². The fourth-order valence-electron chi connectivity index (χ4n) is 2.92. The number of anilines is 1. The standard InChI is InChI=1S/C17H17N5O/c1-11-5-6-15(21-14(11)9-18)20-13-8-16(23)22(2)17(13)12-4-3-7-19-10-12/h3-7,10,13,17H,8H2,1-2H3,(H,20,21)/t13-,17+/m1/s1. The lowest BCUT2D eigenvalue weighted by Gasteiger charge is -2.26. The van der Waals surface area contributed by atoms with Gasteiger partial charge in [0.25, 0.3) is 0 Å². The number of pyridine rings is 2. The van der Waals surface area contributed by atoms with E-state index in [9.17, 15) is 4.79 Å². The SMILES string of the molecule is Cc1ccc(N[C@@H]2CC(=O)N(C)[C@H]2c2cccnc2)nc1C#N. The Morgan fingerprint density at radius 2 is 2.22 bits per heavy atom. The zero-order chi connectivity index (χ0) is 16.4. The van der Waals surface area contributed by atoms with E-state index < -0.39 is 0 Å². The summed E-state index contributed by atoms with van der Waals surface area (Å²) in [5, 5.41) is 12.4. The van der Waals surface area contributed by atoms with Gasteiger partial charge in [-0.25, -0.2) is 4.98 Å². The Kier molecular flexibility index (Phi) is 3.94. The maximum atomic E-state index is 12.1. The quantitative estimate of drug-likeness (QED) is 0.938. The van der Waals surface area contributed by atoms with Crippen molar-refractivity contribution in [2.24, 2.45) is 0 Å². The van der Waals surface area contributed by atoms with Gasteiger partial charge >= 0.3 is 0 Å². The zero-order valence-corrected chi connectivity index (χ0v) is 13.0. The van der Waals surface area contributed by atoms with Crippen LogP contribution in [0.4, 0.5) is 5.82 Å². The monoisotopic (exact) mass is 307 g/mol. The van der Waals surface area contributed by atoms with Crippen LogP contribution < -0.4 is 5.32 Å². The normalized spacial score (nSPS) is 20.4. The topological polar surface area (TPSA) is 81.9 Å². The minimum Gasteiger partial charge on any atom is -0.364 e. The molecule has 1 aliphatic rings. The number of rotatable bonds is 3. The van der Waals surface area contributed by atoms with Gasteiger partial charge in [0, 0.05) is 25.9 Å². The van der Waals surface area contributed by atoms with Crippen LogP contribution in [0.5, 0.6) is 0 Å². The molecule has 6 nitrogen and oxygen atoms in total. The summed E-state index contributed by atoms with van der Waals surface area (Å²) in [4.78, 5) is 22.3. The van der Waals surface area contributed by atoms with Crippen molar-refractivity contribution in [1.82, 2.24) is 14.9 Å². The molecule has 6 heteroatoms. The summed E-state index contributed by atoms with van der Waals surface area (Å²) in [7, 11) is 1.80. The van der Waals surface area contributed by atoms with E-state index in [0.29, 0.717) is 17.9 Å². The average Bonchev–Trinajstić information content (AvgIpc) is 2.84. The first-order valence-corrected chi connectivity index (χ1v) is 7.40. The van der Waals surface area contributed by atoms with Crippen molar-refractivity contribution in [2.45, 2.75) is 25.4 Å². The lowest BCUT2D eigenvalue weighted by atomic mass is 10.0. The Morgan fingerprint density at radius 1 is 1.39 bits per heavy atom. The Labute approximate surface area is 134 Å². The molecular weight excluding hydrogens is 290 g/mol. The maximum Gasteiger partial charge on any atom is 0.225 e. The fourth-order valence-corrected chi connectivity index (χ4v) is 2.92. The van der Waals surface area contributed by atoms with Crippen LogP contribution in [0.2, 0.25) is 0 Å². The summed E-state index contributed by atoms with van der Waals surface area (Å²) in [6, 6.07) is 9.38. The first kappa shape index (κ1) is 15.0. The van der Waals surface area contributed by atoms with Gasteiger partial charge in [-0.15, -0.1) is 0 Å². The second kappa shape index (κ2) is 6.05. The van der Waals surface area contributed by atoms with Crippen LogP contribution in [-0.4, -0.2) is 33.9 Å². The third kappa shape index (κ3) is 2.86. The van der Waals surface area contributed by atoms with E-state index in [-0.39, 0.29) is 18.0 Å². The molecule has 0 spiro atoms. The summed E-state index contributed by atoms with van der Waals surface area (Å²) < 4.78 is 0. The molecule has 3 rings (SSSR count). The van der Waals surface area contributed by atoms with Gasteiger partial charge in [0.05, 0.1) is 12.1 Å². The minimum atomic E-state index is -0.113. The molecule has 2 atom stereocenters. The van der Waals surface area contributed by atoms with Crippen molar-refractivity contribution in [2.75, 3.05) is 12.4 Å². The molecule has 3 heterocycles. The van der Waals surface area contributed by atoms with Gasteiger partial charge in [-0.05, 0) is 30.2 Å².